The summed E-state index contributed by atoms with van der Waals surface area (Å²) in [6.45, 7) is 4.70. The summed E-state index contributed by atoms with van der Waals surface area (Å²) in [4.78, 5) is 14.3. The number of aryl methyl sites for hydroxylation is 2. The number of thioether (sulfide) groups is 1. The first kappa shape index (κ1) is 21.7. The second kappa shape index (κ2) is 9.67. The Hall–Kier alpha value is -3.00. The average Bonchev–Trinajstić information content (AvgIpc) is 3.08. The van der Waals surface area contributed by atoms with Crippen molar-refractivity contribution in [3.63, 3.8) is 0 Å². The Morgan fingerprint density at radius 1 is 1.17 bits per heavy atom. The highest BCUT2D eigenvalue weighted by Gasteiger charge is 2.15. The largest absolute Gasteiger partial charge is 0.497 e. The molecule has 0 saturated heterocycles. The van der Waals surface area contributed by atoms with Crippen molar-refractivity contribution in [1.82, 2.24) is 19.8 Å². The van der Waals surface area contributed by atoms with Crippen LogP contribution in [0.15, 0.2) is 47.6 Å². The van der Waals surface area contributed by atoms with E-state index < -0.39 is 0 Å². The van der Waals surface area contributed by atoms with E-state index in [0.29, 0.717) is 23.9 Å². The standard InChI is InChI=1S/C22H27N5O2S/c1-15-5-8-18(16(2)11-15)13-26(3)21(28)14-30-22-25-24-20(27(22)23)12-17-6-9-19(29-4)10-7-17/h5-11H,12-14,23H2,1-4H3. The first-order chi connectivity index (χ1) is 14.4. The molecule has 0 fully saturated rings. The molecule has 2 N–H and O–H groups in total. The lowest BCUT2D eigenvalue weighted by atomic mass is 10.1. The molecule has 2 aromatic carbocycles. The summed E-state index contributed by atoms with van der Waals surface area (Å²) in [5.41, 5.74) is 4.60. The lowest BCUT2D eigenvalue weighted by Crippen LogP contribution is -2.28. The number of hydrogen-bond donors (Lipinski definition) is 1. The fraction of sp³-hybridized carbons (Fsp3) is 0.318. The minimum Gasteiger partial charge on any atom is -0.497 e. The van der Waals surface area contributed by atoms with Crippen molar-refractivity contribution in [3.8, 4) is 5.75 Å². The van der Waals surface area contributed by atoms with Crippen molar-refractivity contribution < 1.29 is 9.53 Å². The number of carbonyl (C=O) groups excluding carboxylic acids is 1. The van der Waals surface area contributed by atoms with Crippen LogP contribution in [0.1, 0.15) is 28.1 Å². The highest BCUT2D eigenvalue weighted by molar-refractivity contribution is 7.99. The molecule has 0 saturated carbocycles. The molecule has 0 aliphatic rings. The first-order valence-electron chi connectivity index (χ1n) is 9.62. The third-order valence-corrected chi connectivity index (χ3v) is 5.84. The maximum Gasteiger partial charge on any atom is 0.233 e. The molecule has 158 valence electrons. The molecule has 0 atom stereocenters. The van der Waals surface area contributed by atoms with Crippen molar-refractivity contribution in [2.24, 2.45) is 0 Å². The van der Waals surface area contributed by atoms with Crippen LogP contribution >= 0.6 is 11.8 Å². The number of hydrogen-bond acceptors (Lipinski definition) is 6. The van der Waals surface area contributed by atoms with Crippen LogP contribution in [0.5, 0.6) is 5.75 Å². The van der Waals surface area contributed by atoms with Gasteiger partial charge in [-0.25, -0.2) is 4.68 Å². The molecule has 0 aliphatic carbocycles. The Morgan fingerprint density at radius 2 is 1.90 bits per heavy atom. The van der Waals surface area contributed by atoms with Crippen molar-refractivity contribution >= 4 is 17.7 Å². The summed E-state index contributed by atoms with van der Waals surface area (Å²) in [7, 11) is 3.44. The van der Waals surface area contributed by atoms with Crippen LogP contribution in [-0.4, -0.2) is 45.6 Å². The molecular weight excluding hydrogens is 398 g/mol. The molecule has 8 heteroatoms. The van der Waals surface area contributed by atoms with Gasteiger partial charge < -0.3 is 15.5 Å². The molecule has 3 rings (SSSR count). The van der Waals surface area contributed by atoms with Gasteiger partial charge in [-0.3, -0.25) is 4.79 Å². The van der Waals surface area contributed by atoms with Crippen LogP contribution in [0.4, 0.5) is 0 Å². The van der Waals surface area contributed by atoms with Crippen molar-refractivity contribution in [2.75, 3.05) is 25.8 Å². The number of ether oxygens (including phenoxy) is 1. The third kappa shape index (κ3) is 5.33. The number of rotatable bonds is 8. The highest BCUT2D eigenvalue weighted by atomic mass is 32.2. The topological polar surface area (TPSA) is 86.3 Å². The van der Waals surface area contributed by atoms with Crippen LogP contribution in [0.3, 0.4) is 0 Å². The normalized spacial score (nSPS) is 10.8. The van der Waals surface area contributed by atoms with Crippen LogP contribution in [0, 0.1) is 13.8 Å². The lowest BCUT2D eigenvalue weighted by molar-refractivity contribution is -0.127. The molecule has 1 heterocycles. The van der Waals surface area contributed by atoms with Gasteiger partial charge >= 0.3 is 0 Å². The van der Waals surface area contributed by atoms with Gasteiger partial charge in [0.25, 0.3) is 0 Å². The van der Waals surface area contributed by atoms with Gasteiger partial charge in [0.2, 0.25) is 11.1 Å². The van der Waals surface area contributed by atoms with E-state index in [9.17, 15) is 4.79 Å². The minimum atomic E-state index is 0.0136. The van der Waals surface area contributed by atoms with Crippen LogP contribution < -0.4 is 10.6 Å². The van der Waals surface area contributed by atoms with Crippen molar-refractivity contribution in [3.05, 3.63) is 70.5 Å². The molecule has 0 aliphatic heterocycles. The predicted molar refractivity (Wildman–Crippen MR) is 119 cm³/mol. The smallest absolute Gasteiger partial charge is 0.233 e. The molecule has 1 aromatic heterocycles. The Morgan fingerprint density at radius 3 is 2.57 bits per heavy atom. The van der Waals surface area contributed by atoms with Crippen molar-refractivity contribution in [1.29, 1.82) is 0 Å². The molecule has 0 unspecified atom stereocenters. The quantitative estimate of drug-likeness (QED) is 0.441. The van der Waals surface area contributed by atoms with Gasteiger partial charge in [0, 0.05) is 20.0 Å². The first-order valence-corrected chi connectivity index (χ1v) is 10.6. The zero-order valence-electron chi connectivity index (χ0n) is 17.8. The Labute approximate surface area is 181 Å². The van der Waals surface area contributed by atoms with E-state index in [0.717, 1.165) is 16.9 Å². The van der Waals surface area contributed by atoms with Gasteiger partial charge in [0.05, 0.1) is 12.9 Å². The van der Waals surface area contributed by atoms with Gasteiger partial charge in [-0.1, -0.05) is 47.7 Å². The second-order valence-electron chi connectivity index (χ2n) is 7.26. The molecular formula is C22H27N5O2S. The Kier molecular flexibility index (Phi) is 6.99. The molecule has 7 nitrogen and oxygen atoms in total. The molecule has 0 radical (unpaired) electrons. The summed E-state index contributed by atoms with van der Waals surface area (Å²) < 4.78 is 6.62. The van der Waals surface area contributed by atoms with E-state index in [4.69, 9.17) is 10.6 Å². The highest BCUT2D eigenvalue weighted by Crippen LogP contribution is 2.19. The van der Waals surface area contributed by atoms with Crippen LogP contribution in [-0.2, 0) is 17.8 Å². The minimum absolute atomic E-state index is 0.0136. The fourth-order valence-corrected chi connectivity index (χ4v) is 3.87. The van der Waals surface area contributed by atoms with Gasteiger partial charge in [0.15, 0.2) is 5.82 Å². The SMILES string of the molecule is COc1ccc(Cc2nnc(SCC(=O)N(C)Cc3ccc(C)cc3C)n2N)cc1. The fourth-order valence-electron chi connectivity index (χ4n) is 3.06. The summed E-state index contributed by atoms with van der Waals surface area (Å²) in [6.07, 6.45) is 0.550. The zero-order valence-corrected chi connectivity index (χ0v) is 18.6. The van der Waals surface area contributed by atoms with E-state index in [2.05, 4.69) is 42.2 Å². The molecule has 0 bridgehead atoms. The van der Waals surface area contributed by atoms with Crippen molar-refractivity contribution in [2.45, 2.75) is 32.0 Å². The monoisotopic (exact) mass is 425 g/mol. The Balaban J connectivity index is 1.56. The van der Waals surface area contributed by atoms with Gasteiger partial charge in [-0.2, -0.15) is 0 Å². The number of methoxy groups -OCH3 is 1. The molecule has 3 aromatic rings. The number of carbonyl (C=O) groups is 1. The lowest BCUT2D eigenvalue weighted by Gasteiger charge is -2.18. The van der Waals surface area contributed by atoms with Gasteiger partial charge in [-0.05, 0) is 42.7 Å². The Bertz CT molecular complexity index is 1020. The number of benzene rings is 2. The van der Waals surface area contributed by atoms with Gasteiger partial charge in [-0.15, -0.1) is 10.2 Å². The van der Waals surface area contributed by atoms with Gasteiger partial charge in [0.1, 0.15) is 5.75 Å². The van der Waals surface area contributed by atoms with E-state index in [1.165, 1.54) is 27.6 Å². The number of aromatic nitrogens is 3. The maximum atomic E-state index is 12.6. The summed E-state index contributed by atoms with van der Waals surface area (Å²) in [5.74, 6) is 7.85. The number of amides is 1. The molecule has 0 spiro atoms. The third-order valence-electron chi connectivity index (χ3n) is 4.91. The number of nitrogen functional groups attached to an aromatic ring is 1. The summed E-state index contributed by atoms with van der Waals surface area (Å²) >= 11 is 1.29. The number of nitrogens with zero attached hydrogens (tertiary/aromatic N) is 4. The van der Waals surface area contributed by atoms with Crippen LogP contribution in [0.2, 0.25) is 0 Å². The van der Waals surface area contributed by atoms with E-state index in [1.807, 2.05) is 31.3 Å². The summed E-state index contributed by atoms with van der Waals surface area (Å²) in [6, 6.07) is 14.0. The maximum absolute atomic E-state index is 12.6. The zero-order chi connectivity index (χ0) is 21.7. The van der Waals surface area contributed by atoms with Crippen LogP contribution in [0.25, 0.3) is 0 Å². The van der Waals surface area contributed by atoms with E-state index in [-0.39, 0.29) is 11.7 Å². The second-order valence-corrected chi connectivity index (χ2v) is 8.20. The predicted octanol–water partition coefficient (Wildman–Crippen LogP) is 2.96. The molecule has 1 amide bonds. The van der Waals surface area contributed by atoms with E-state index in [1.54, 1.807) is 12.0 Å². The summed E-state index contributed by atoms with van der Waals surface area (Å²) in [5, 5.41) is 8.84. The molecule has 30 heavy (non-hydrogen) atoms. The average molecular weight is 426 g/mol. The van der Waals surface area contributed by atoms with E-state index >= 15 is 0 Å². The number of nitrogens with two attached hydrogens (primary N) is 1.